The zero-order valence-electron chi connectivity index (χ0n) is 13.1. The van der Waals surface area contributed by atoms with Gasteiger partial charge in [-0.15, -0.1) is 0 Å². The molecule has 0 heterocycles. The molecule has 5 N–H and O–H groups in total. The molecule has 2 rings (SSSR count). The van der Waals surface area contributed by atoms with E-state index >= 15 is 0 Å². The highest BCUT2D eigenvalue weighted by atomic mass is 16.3. The number of rotatable bonds is 6. The fourth-order valence-electron chi connectivity index (χ4n) is 2.44. The number of anilines is 1. The number of nitrogens with one attached hydrogen (secondary N) is 1. The summed E-state index contributed by atoms with van der Waals surface area (Å²) in [5.74, 6) is 0.0355. The molecule has 0 saturated carbocycles. The summed E-state index contributed by atoms with van der Waals surface area (Å²) in [6.45, 7) is 4.64. The number of nitrogens with two attached hydrogens (primary N) is 1. The quantitative estimate of drug-likeness (QED) is 0.488. The Morgan fingerprint density at radius 2 is 1.82 bits per heavy atom. The van der Waals surface area contributed by atoms with Gasteiger partial charge in [-0.1, -0.05) is 36.4 Å². The first kappa shape index (κ1) is 16.3. The molecule has 2 aromatic carbocycles. The maximum absolute atomic E-state index is 10.3. The molecule has 4 heteroatoms. The number of hydrogen-bond donors (Lipinski definition) is 4. The Balaban J connectivity index is 1.94. The Hall–Kier alpha value is -2.04. The van der Waals surface area contributed by atoms with Gasteiger partial charge in [-0.25, -0.2) is 0 Å². The highest BCUT2D eigenvalue weighted by Crippen LogP contribution is 2.24. The number of aliphatic hydroxyl groups is 1. The summed E-state index contributed by atoms with van der Waals surface area (Å²) in [7, 11) is 0. The second kappa shape index (κ2) is 6.81. The Bertz CT molecular complexity index is 612. The number of nitrogen functional groups attached to an aromatic ring is 1. The number of aromatic hydroxyl groups is 1. The van der Waals surface area contributed by atoms with E-state index in [1.165, 1.54) is 11.6 Å². The van der Waals surface area contributed by atoms with E-state index in [0.717, 1.165) is 6.42 Å². The number of phenolic OH excluding ortho intramolecular Hbond substituents is 1. The lowest BCUT2D eigenvalue weighted by molar-refractivity contribution is 0.160. The van der Waals surface area contributed by atoms with Crippen LogP contribution in [0.25, 0.3) is 0 Å². The summed E-state index contributed by atoms with van der Waals surface area (Å²) in [6, 6.07) is 15.0. The highest BCUT2D eigenvalue weighted by molar-refractivity contribution is 5.53. The van der Waals surface area contributed by atoms with Crippen LogP contribution in [0.4, 0.5) is 5.69 Å². The van der Waals surface area contributed by atoms with Crippen LogP contribution in [0, 0.1) is 0 Å². The fourth-order valence-corrected chi connectivity index (χ4v) is 2.44. The predicted molar refractivity (Wildman–Crippen MR) is 89.7 cm³/mol. The molecule has 4 nitrogen and oxygen atoms in total. The summed E-state index contributed by atoms with van der Waals surface area (Å²) in [6.07, 6.45) is 0.205. The van der Waals surface area contributed by atoms with Gasteiger partial charge in [-0.05, 0) is 43.5 Å². The molecule has 0 spiro atoms. The molecular formula is C18H24N2O2. The highest BCUT2D eigenvalue weighted by Gasteiger charge is 2.20. The van der Waals surface area contributed by atoms with Crippen LogP contribution in [-0.2, 0) is 6.42 Å². The molecule has 0 saturated heterocycles. The van der Waals surface area contributed by atoms with Gasteiger partial charge in [0, 0.05) is 12.1 Å². The van der Waals surface area contributed by atoms with Crippen molar-refractivity contribution in [1.29, 1.82) is 0 Å². The third kappa shape index (κ3) is 4.48. The van der Waals surface area contributed by atoms with Crippen molar-refractivity contribution < 1.29 is 10.2 Å². The Kier molecular flexibility index (Phi) is 5.06. The topological polar surface area (TPSA) is 78.5 Å². The van der Waals surface area contributed by atoms with Crippen LogP contribution < -0.4 is 11.1 Å². The van der Waals surface area contributed by atoms with Crippen LogP contribution in [0.1, 0.15) is 31.1 Å². The first-order chi connectivity index (χ1) is 10.4. The molecule has 0 bridgehead atoms. The summed E-state index contributed by atoms with van der Waals surface area (Å²) in [4.78, 5) is 0. The summed E-state index contributed by atoms with van der Waals surface area (Å²) >= 11 is 0. The van der Waals surface area contributed by atoms with Gasteiger partial charge in [0.05, 0.1) is 11.8 Å². The van der Waals surface area contributed by atoms with Crippen molar-refractivity contribution in [3.8, 4) is 5.75 Å². The Morgan fingerprint density at radius 1 is 1.14 bits per heavy atom. The Morgan fingerprint density at radius 3 is 2.45 bits per heavy atom. The van der Waals surface area contributed by atoms with Crippen LogP contribution in [0.3, 0.4) is 0 Å². The van der Waals surface area contributed by atoms with Crippen LogP contribution in [-0.4, -0.2) is 22.3 Å². The van der Waals surface area contributed by atoms with E-state index in [9.17, 15) is 10.2 Å². The minimum Gasteiger partial charge on any atom is -0.506 e. The number of β-amino-alcohol motifs (C(OH)–C–C–N with tert-alkyl or cyclic N) is 1. The third-order valence-corrected chi connectivity index (χ3v) is 3.70. The van der Waals surface area contributed by atoms with Crippen LogP contribution in [0.2, 0.25) is 0 Å². The lowest BCUT2D eigenvalue weighted by atomic mass is 9.94. The predicted octanol–water partition coefficient (Wildman–Crippen LogP) is 2.62. The lowest BCUT2D eigenvalue weighted by Gasteiger charge is -2.28. The average Bonchev–Trinajstić information content (AvgIpc) is 2.48. The van der Waals surface area contributed by atoms with Crippen molar-refractivity contribution >= 4 is 5.69 Å². The van der Waals surface area contributed by atoms with Crippen molar-refractivity contribution in [2.24, 2.45) is 0 Å². The molecule has 0 fully saturated rings. The number of benzene rings is 2. The normalized spacial score (nSPS) is 13.0. The maximum atomic E-state index is 10.3. The molecule has 0 aliphatic carbocycles. The first-order valence-electron chi connectivity index (χ1n) is 7.43. The largest absolute Gasteiger partial charge is 0.506 e. The second-order valence-electron chi connectivity index (χ2n) is 6.26. The van der Waals surface area contributed by atoms with Crippen LogP contribution in [0.15, 0.2) is 48.5 Å². The van der Waals surface area contributed by atoms with E-state index in [1.807, 2.05) is 18.2 Å². The molecule has 0 aliphatic rings. The summed E-state index contributed by atoms with van der Waals surface area (Å²) in [5.41, 5.74) is 7.75. The van der Waals surface area contributed by atoms with Gasteiger partial charge in [0.2, 0.25) is 0 Å². The average molecular weight is 300 g/mol. The second-order valence-corrected chi connectivity index (χ2v) is 6.26. The standard InChI is InChI=1S/C18H24N2O2/c1-18(2,11-13-6-4-3-5-7-13)20-12-17(22)14-8-9-16(21)15(19)10-14/h3-10,17,20-22H,11-12,19H2,1-2H3. The summed E-state index contributed by atoms with van der Waals surface area (Å²) < 4.78 is 0. The van der Waals surface area contributed by atoms with Gasteiger partial charge in [-0.3, -0.25) is 0 Å². The van der Waals surface area contributed by atoms with Crippen molar-refractivity contribution in [2.45, 2.75) is 31.9 Å². The fraction of sp³-hybridized carbons (Fsp3) is 0.333. The molecule has 0 aliphatic heterocycles. The third-order valence-electron chi connectivity index (χ3n) is 3.70. The zero-order valence-corrected chi connectivity index (χ0v) is 13.1. The van der Waals surface area contributed by atoms with E-state index in [1.54, 1.807) is 12.1 Å². The van der Waals surface area contributed by atoms with Crippen molar-refractivity contribution in [3.63, 3.8) is 0 Å². The van der Waals surface area contributed by atoms with Gasteiger partial charge in [0.15, 0.2) is 0 Å². The van der Waals surface area contributed by atoms with E-state index in [-0.39, 0.29) is 17.0 Å². The SMILES string of the molecule is CC(C)(Cc1ccccc1)NCC(O)c1ccc(O)c(N)c1. The van der Waals surface area contributed by atoms with Crippen molar-refractivity contribution in [2.75, 3.05) is 12.3 Å². The van der Waals surface area contributed by atoms with Gasteiger partial charge in [0.25, 0.3) is 0 Å². The monoisotopic (exact) mass is 300 g/mol. The van der Waals surface area contributed by atoms with Gasteiger partial charge in [-0.2, -0.15) is 0 Å². The molecular weight excluding hydrogens is 276 g/mol. The first-order valence-corrected chi connectivity index (χ1v) is 7.43. The minimum absolute atomic E-state index is 0.0355. The van der Waals surface area contributed by atoms with Crippen LogP contribution >= 0.6 is 0 Å². The van der Waals surface area contributed by atoms with E-state index in [2.05, 4.69) is 31.3 Å². The molecule has 2 aromatic rings. The molecule has 22 heavy (non-hydrogen) atoms. The maximum Gasteiger partial charge on any atom is 0.138 e. The number of phenols is 1. The van der Waals surface area contributed by atoms with Crippen molar-refractivity contribution in [3.05, 3.63) is 59.7 Å². The van der Waals surface area contributed by atoms with Gasteiger partial charge in [0.1, 0.15) is 5.75 Å². The number of hydrogen-bond acceptors (Lipinski definition) is 4. The van der Waals surface area contributed by atoms with Crippen molar-refractivity contribution in [1.82, 2.24) is 5.32 Å². The smallest absolute Gasteiger partial charge is 0.138 e. The van der Waals surface area contributed by atoms with Crippen LogP contribution in [0.5, 0.6) is 5.75 Å². The molecule has 118 valence electrons. The number of aliphatic hydroxyl groups excluding tert-OH is 1. The molecule has 1 unspecified atom stereocenters. The minimum atomic E-state index is -0.669. The Labute approximate surface area is 131 Å². The molecule has 0 aromatic heterocycles. The zero-order chi connectivity index (χ0) is 16.2. The van der Waals surface area contributed by atoms with E-state index < -0.39 is 6.10 Å². The molecule has 0 amide bonds. The summed E-state index contributed by atoms with van der Waals surface area (Å²) in [5, 5.41) is 23.1. The van der Waals surface area contributed by atoms with Gasteiger partial charge >= 0.3 is 0 Å². The molecule has 0 radical (unpaired) electrons. The molecule has 1 atom stereocenters. The van der Waals surface area contributed by atoms with Gasteiger partial charge < -0.3 is 21.3 Å². The van der Waals surface area contributed by atoms with E-state index in [0.29, 0.717) is 12.1 Å². The van der Waals surface area contributed by atoms with E-state index in [4.69, 9.17) is 5.73 Å². The lowest BCUT2D eigenvalue weighted by Crippen LogP contribution is -2.43.